The van der Waals surface area contributed by atoms with E-state index in [4.69, 9.17) is 10.5 Å². The Balaban J connectivity index is 2.38. The smallest absolute Gasteiger partial charge is 0.251 e. The Kier molecular flexibility index (Phi) is 4.51. The van der Waals surface area contributed by atoms with E-state index in [1.165, 1.54) is 7.11 Å². The van der Waals surface area contributed by atoms with E-state index >= 15 is 0 Å². The van der Waals surface area contributed by atoms with Crippen molar-refractivity contribution in [2.75, 3.05) is 19.4 Å². The maximum atomic E-state index is 11.8. The van der Waals surface area contributed by atoms with Crippen molar-refractivity contribution in [3.63, 3.8) is 0 Å². The molecule has 1 atom stereocenters. The standard InChI is InChI=1S/C11H20N4O2/c1-4-11(2,17-3)10(16)13-5-6-15-8-9(12)7-14-15/h7-8H,4-6,12H2,1-3H3,(H,13,16). The number of amides is 1. The highest BCUT2D eigenvalue weighted by molar-refractivity contribution is 5.84. The normalized spacial score (nSPS) is 14.3. The molecular formula is C11H20N4O2. The fourth-order valence-corrected chi connectivity index (χ4v) is 1.37. The molecule has 0 aromatic carbocycles. The number of aromatic nitrogens is 2. The van der Waals surface area contributed by atoms with Crippen molar-refractivity contribution in [2.24, 2.45) is 0 Å². The van der Waals surface area contributed by atoms with Crippen molar-refractivity contribution >= 4 is 11.6 Å². The van der Waals surface area contributed by atoms with Gasteiger partial charge in [-0.15, -0.1) is 0 Å². The number of methoxy groups -OCH3 is 1. The largest absolute Gasteiger partial charge is 0.396 e. The Morgan fingerprint density at radius 2 is 2.41 bits per heavy atom. The van der Waals surface area contributed by atoms with Gasteiger partial charge >= 0.3 is 0 Å². The minimum atomic E-state index is -0.761. The molecule has 0 saturated carbocycles. The van der Waals surface area contributed by atoms with Gasteiger partial charge in [-0.2, -0.15) is 5.10 Å². The van der Waals surface area contributed by atoms with Crippen molar-refractivity contribution < 1.29 is 9.53 Å². The lowest BCUT2D eigenvalue weighted by Crippen LogP contribution is -2.46. The summed E-state index contributed by atoms with van der Waals surface area (Å²) in [5.41, 5.74) is 5.39. The SMILES string of the molecule is CCC(C)(OC)C(=O)NCCn1cc(N)cn1. The third-order valence-electron chi connectivity index (χ3n) is 2.89. The van der Waals surface area contributed by atoms with Crippen LogP contribution in [0.3, 0.4) is 0 Å². The summed E-state index contributed by atoms with van der Waals surface area (Å²) in [5.74, 6) is -0.109. The summed E-state index contributed by atoms with van der Waals surface area (Å²) >= 11 is 0. The summed E-state index contributed by atoms with van der Waals surface area (Å²) in [7, 11) is 1.54. The fourth-order valence-electron chi connectivity index (χ4n) is 1.37. The van der Waals surface area contributed by atoms with E-state index in [0.717, 1.165) is 0 Å². The topological polar surface area (TPSA) is 82.2 Å². The molecule has 1 amide bonds. The van der Waals surface area contributed by atoms with Gasteiger partial charge in [0.15, 0.2) is 0 Å². The summed E-state index contributed by atoms with van der Waals surface area (Å²) in [6, 6.07) is 0. The lowest BCUT2D eigenvalue weighted by molar-refractivity contribution is -0.141. The third kappa shape index (κ3) is 3.45. The number of carbonyl (C=O) groups is 1. The molecule has 0 aliphatic heterocycles. The molecule has 0 saturated heterocycles. The zero-order valence-electron chi connectivity index (χ0n) is 10.6. The van der Waals surface area contributed by atoms with Crippen molar-refractivity contribution in [1.82, 2.24) is 15.1 Å². The minimum Gasteiger partial charge on any atom is -0.396 e. The van der Waals surface area contributed by atoms with Crippen LogP contribution in [0.5, 0.6) is 0 Å². The average Bonchev–Trinajstić information content (AvgIpc) is 2.74. The molecule has 1 unspecified atom stereocenters. The molecular weight excluding hydrogens is 220 g/mol. The van der Waals surface area contributed by atoms with Crippen LogP contribution in [0.2, 0.25) is 0 Å². The van der Waals surface area contributed by atoms with Gasteiger partial charge in [-0.1, -0.05) is 6.92 Å². The zero-order valence-corrected chi connectivity index (χ0v) is 10.6. The fraction of sp³-hybridized carbons (Fsp3) is 0.636. The van der Waals surface area contributed by atoms with Gasteiger partial charge in [0.25, 0.3) is 5.91 Å². The Bertz CT molecular complexity index is 371. The predicted molar refractivity (Wildman–Crippen MR) is 65.4 cm³/mol. The van der Waals surface area contributed by atoms with E-state index in [0.29, 0.717) is 25.2 Å². The van der Waals surface area contributed by atoms with E-state index in [9.17, 15) is 4.79 Å². The Hall–Kier alpha value is -1.56. The van der Waals surface area contributed by atoms with Crippen molar-refractivity contribution in [2.45, 2.75) is 32.4 Å². The molecule has 0 radical (unpaired) electrons. The van der Waals surface area contributed by atoms with E-state index in [1.54, 1.807) is 24.0 Å². The van der Waals surface area contributed by atoms with Crippen LogP contribution in [0.1, 0.15) is 20.3 Å². The average molecular weight is 240 g/mol. The second-order valence-electron chi connectivity index (χ2n) is 4.08. The minimum absolute atomic E-state index is 0.109. The first kappa shape index (κ1) is 13.5. The van der Waals surface area contributed by atoms with Crippen LogP contribution in [0.15, 0.2) is 12.4 Å². The van der Waals surface area contributed by atoms with Crippen LogP contribution in [-0.4, -0.2) is 34.9 Å². The van der Waals surface area contributed by atoms with E-state index in [-0.39, 0.29) is 5.91 Å². The maximum absolute atomic E-state index is 11.8. The van der Waals surface area contributed by atoms with Crippen LogP contribution < -0.4 is 11.1 Å². The lowest BCUT2D eigenvalue weighted by atomic mass is 10.0. The van der Waals surface area contributed by atoms with Crippen LogP contribution in [-0.2, 0) is 16.1 Å². The van der Waals surface area contributed by atoms with Crippen molar-refractivity contribution in [3.8, 4) is 0 Å². The van der Waals surface area contributed by atoms with Crippen LogP contribution in [0.4, 0.5) is 5.69 Å². The van der Waals surface area contributed by atoms with E-state index in [2.05, 4.69) is 10.4 Å². The Morgan fingerprint density at radius 3 is 2.88 bits per heavy atom. The Labute approximate surface area is 101 Å². The summed E-state index contributed by atoms with van der Waals surface area (Å²) in [5, 5.41) is 6.84. The zero-order chi connectivity index (χ0) is 12.9. The van der Waals surface area contributed by atoms with Gasteiger partial charge in [-0.05, 0) is 13.3 Å². The van der Waals surface area contributed by atoms with Gasteiger partial charge in [-0.25, -0.2) is 0 Å². The van der Waals surface area contributed by atoms with Crippen LogP contribution in [0, 0.1) is 0 Å². The molecule has 6 nitrogen and oxygen atoms in total. The highest BCUT2D eigenvalue weighted by Gasteiger charge is 2.30. The molecule has 0 spiro atoms. The second-order valence-corrected chi connectivity index (χ2v) is 4.08. The van der Waals surface area contributed by atoms with Crippen LogP contribution in [0.25, 0.3) is 0 Å². The van der Waals surface area contributed by atoms with Gasteiger partial charge in [0, 0.05) is 19.9 Å². The molecule has 0 bridgehead atoms. The first-order valence-electron chi connectivity index (χ1n) is 5.63. The van der Waals surface area contributed by atoms with Gasteiger partial charge in [0.05, 0.1) is 18.4 Å². The number of ether oxygens (including phenoxy) is 1. The number of nitrogens with one attached hydrogen (secondary N) is 1. The maximum Gasteiger partial charge on any atom is 0.251 e. The molecule has 1 aromatic rings. The summed E-state index contributed by atoms with van der Waals surface area (Å²) < 4.78 is 6.89. The summed E-state index contributed by atoms with van der Waals surface area (Å²) in [6.07, 6.45) is 3.93. The Morgan fingerprint density at radius 1 is 1.71 bits per heavy atom. The summed E-state index contributed by atoms with van der Waals surface area (Å²) in [4.78, 5) is 11.8. The number of hydrogen-bond donors (Lipinski definition) is 2. The molecule has 3 N–H and O–H groups in total. The molecule has 17 heavy (non-hydrogen) atoms. The van der Waals surface area contributed by atoms with Gasteiger partial charge in [-0.3, -0.25) is 9.48 Å². The van der Waals surface area contributed by atoms with Crippen molar-refractivity contribution in [1.29, 1.82) is 0 Å². The number of nitrogen functional groups attached to an aromatic ring is 1. The molecule has 0 aliphatic rings. The number of anilines is 1. The quantitative estimate of drug-likeness (QED) is 0.754. The molecule has 96 valence electrons. The van der Waals surface area contributed by atoms with Gasteiger partial charge in [0.1, 0.15) is 5.60 Å². The highest BCUT2D eigenvalue weighted by Crippen LogP contribution is 2.13. The first-order valence-corrected chi connectivity index (χ1v) is 5.63. The van der Waals surface area contributed by atoms with E-state index < -0.39 is 5.60 Å². The third-order valence-corrected chi connectivity index (χ3v) is 2.89. The summed E-state index contributed by atoms with van der Waals surface area (Å²) in [6.45, 7) is 4.77. The lowest BCUT2D eigenvalue weighted by Gasteiger charge is -2.25. The molecule has 1 heterocycles. The molecule has 1 rings (SSSR count). The molecule has 0 fully saturated rings. The van der Waals surface area contributed by atoms with Crippen LogP contribution >= 0.6 is 0 Å². The number of rotatable bonds is 6. The number of carbonyl (C=O) groups excluding carboxylic acids is 1. The van der Waals surface area contributed by atoms with Crippen molar-refractivity contribution in [3.05, 3.63) is 12.4 Å². The highest BCUT2D eigenvalue weighted by atomic mass is 16.5. The predicted octanol–water partition coefficient (Wildman–Crippen LogP) is 0.397. The second kappa shape index (κ2) is 5.67. The van der Waals surface area contributed by atoms with Gasteiger partial charge < -0.3 is 15.8 Å². The van der Waals surface area contributed by atoms with Gasteiger partial charge in [0.2, 0.25) is 0 Å². The first-order chi connectivity index (χ1) is 8.01. The molecule has 1 aromatic heterocycles. The number of nitrogens with two attached hydrogens (primary N) is 1. The molecule has 0 aliphatic carbocycles. The number of nitrogens with zero attached hydrogens (tertiary/aromatic N) is 2. The number of hydrogen-bond acceptors (Lipinski definition) is 4. The molecule has 6 heteroatoms. The van der Waals surface area contributed by atoms with E-state index in [1.807, 2.05) is 6.92 Å². The monoisotopic (exact) mass is 240 g/mol.